The summed E-state index contributed by atoms with van der Waals surface area (Å²) in [5.41, 5.74) is 5.05. The van der Waals surface area contributed by atoms with Gasteiger partial charge in [0.25, 0.3) is 11.7 Å². The SMILES string of the molecule is CC(CC(N)=O)NC(=O)c1noc(C2CCCN2)n1. The summed E-state index contributed by atoms with van der Waals surface area (Å²) in [6, 6.07) is -0.339. The fourth-order valence-electron chi connectivity index (χ4n) is 2.01. The fourth-order valence-corrected chi connectivity index (χ4v) is 2.01. The Balaban J connectivity index is 1.94. The van der Waals surface area contributed by atoms with Gasteiger partial charge in [0.05, 0.1) is 6.04 Å². The Hall–Kier alpha value is -1.96. The normalized spacial score (nSPS) is 20.2. The van der Waals surface area contributed by atoms with Crippen LogP contribution in [0.1, 0.15) is 48.7 Å². The van der Waals surface area contributed by atoms with Crippen LogP contribution < -0.4 is 16.4 Å². The summed E-state index contributed by atoms with van der Waals surface area (Å²) in [5.74, 6) is -0.552. The summed E-state index contributed by atoms with van der Waals surface area (Å²) >= 11 is 0. The van der Waals surface area contributed by atoms with E-state index < -0.39 is 11.8 Å². The summed E-state index contributed by atoms with van der Waals surface area (Å²) in [7, 11) is 0. The molecule has 1 fully saturated rings. The molecule has 1 aromatic heterocycles. The quantitative estimate of drug-likeness (QED) is 0.660. The maximum Gasteiger partial charge on any atom is 0.292 e. The second kappa shape index (κ2) is 5.79. The van der Waals surface area contributed by atoms with Crippen LogP contribution in [-0.4, -0.2) is 34.5 Å². The van der Waals surface area contributed by atoms with E-state index in [1.165, 1.54) is 0 Å². The van der Waals surface area contributed by atoms with Gasteiger partial charge in [-0.15, -0.1) is 0 Å². The average Bonchev–Trinajstić information content (AvgIpc) is 2.99. The van der Waals surface area contributed by atoms with Gasteiger partial charge in [0.1, 0.15) is 0 Å². The first-order chi connectivity index (χ1) is 9.06. The maximum atomic E-state index is 11.8. The van der Waals surface area contributed by atoms with Crippen molar-refractivity contribution in [2.45, 2.75) is 38.3 Å². The molecule has 1 aromatic rings. The number of carbonyl (C=O) groups excluding carboxylic acids is 2. The second-order valence-corrected chi connectivity index (χ2v) is 4.65. The Morgan fingerprint density at radius 1 is 1.63 bits per heavy atom. The Labute approximate surface area is 110 Å². The molecule has 0 radical (unpaired) electrons. The second-order valence-electron chi connectivity index (χ2n) is 4.65. The van der Waals surface area contributed by atoms with Crippen molar-refractivity contribution in [1.29, 1.82) is 0 Å². The molecule has 2 amide bonds. The highest BCUT2D eigenvalue weighted by Gasteiger charge is 2.24. The zero-order valence-electron chi connectivity index (χ0n) is 10.7. The van der Waals surface area contributed by atoms with Gasteiger partial charge in [-0.05, 0) is 26.3 Å². The Morgan fingerprint density at radius 3 is 3.05 bits per heavy atom. The smallest absolute Gasteiger partial charge is 0.292 e. The van der Waals surface area contributed by atoms with Crippen molar-refractivity contribution in [3.8, 4) is 0 Å². The third kappa shape index (κ3) is 3.50. The van der Waals surface area contributed by atoms with Crippen LogP contribution in [0.2, 0.25) is 0 Å². The van der Waals surface area contributed by atoms with Crippen LogP contribution in [0.4, 0.5) is 0 Å². The van der Waals surface area contributed by atoms with Gasteiger partial charge in [-0.1, -0.05) is 5.16 Å². The van der Waals surface area contributed by atoms with Crippen molar-refractivity contribution >= 4 is 11.8 Å². The lowest BCUT2D eigenvalue weighted by molar-refractivity contribution is -0.118. The largest absolute Gasteiger partial charge is 0.370 e. The molecule has 4 N–H and O–H groups in total. The van der Waals surface area contributed by atoms with Gasteiger partial charge < -0.3 is 20.9 Å². The molecule has 104 valence electrons. The molecule has 2 atom stereocenters. The number of aromatic nitrogens is 2. The topological polar surface area (TPSA) is 123 Å². The maximum absolute atomic E-state index is 11.8. The molecule has 19 heavy (non-hydrogen) atoms. The van der Waals surface area contributed by atoms with Gasteiger partial charge in [0, 0.05) is 12.5 Å². The van der Waals surface area contributed by atoms with Crippen LogP contribution >= 0.6 is 0 Å². The minimum Gasteiger partial charge on any atom is -0.370 e. The lowest BCUT2D eigenvalue weighted by Gasteiger charge is -2.09. The van der Waals surface area contributed by atoms with Crippen molar-refractivity contribution in [1.82, 2.24) is 20.8 Å². The number of hydrogen-bond donors (Lipinski definition) is 3. The Morgan fingerprint density at radius 2 is 2.42 bits per heavy atom. The van der Waals surface area contributed by atoms with Crippen LogP contribution in [0.3, 0.4) is 0 Å². The van der Waals surface area contributed by atoms with Crippen molar-refractivity contribution in [2.24, 2.45) is 5.73 Å². The molecule has 1 aliphatic heterocycles. The summed E-state index contributed by atoms with van der Waals surface area (Å²) in [6.07, 6.45) is 2.03. The first-order valence-corrected chi connectivity index (χ1v) is 6.22. The minimum atomic E-state index is -0.475. The first-order valence-electron chi connectivity index (χ1n) is 6.22. The molecular weight excluding hydrogens is 250 g/mol. The highest BCUT2D eigenvalue weighted by Crippen LogP contribution is 2.20. The summed E-state index contributed by atoms with van der Waals surface area (Å²) in [5, 5.41) is 9.43. The van der Waals surface area contributed by atoms with Gasteiger partial charge in [-0.25, -0.2) is 0 Å². The molecule has 0 bridgehead atoms. The predicted octanol–water partition coefficient (Wildman–Crippen LogP) is -0.512. The van der Waals surface area contributed by atoms with Crippen molar-refractivity contribution < 1.29 is 14.1 Å². The van der Waals surface area contributed by atoms with Gasteiger partial charge in [0.15, 0.2) is 0 Å². The summed E-state index contributed by atoms with van der Waals surface area (Å²) in [6.45, 7) is 2.59. The molecule has 8 heteroatoms. The third-order valence-electron chi connectivity index (χ3n) is 2.89. The van der Waals surface area contributed by atoms with E-state index in [0.717, 1.165) is 19.4 Å². The number of carbonyl (C=O) groups is 2. The predicted molar refractivity (Wildman–Crippen MR) is 65.0 cm³/mol. The molecule has 2 unspecified atom stereocenters. The number of rotatable bonds is 5. The first kappa shape index (κ1) is 13.5. The number of hydrogen-bond acceptors (Lipinski definition) is 6. The van der Waals surface area contributed by atoms with E-state index in [4.69, 9.17) is 10.3 Å². The highest BCUT2D eigenvalue weighted by molar-refractivity contribution is 5.90. The fraction of sp³-hybridized carbons (Fsp3) is 0.636. The van der Waals surface area contributed by atoms with E-state index in [2.05, 4.69) is 20.8 Å². The standard InChI is InChI=1S/C11H17N5O3/c1-6(5-8(12)17)14-10(18)9-15-11(19-16-9)7-3-2-4-13-7/h6-7,13H,2-5H2,1H3,(H2,12,17)(H,14,18). The number of nitrogens with zero attached hydrogens (tertiary/aromatic N) is 2. The lowest BCUT2D eigenvalue weighted by atomic mass is 10.2. The van der Waals surface area contributed by atoms with Gasteiger partial charge in [-0.3, -0.25) is 9.59 Å². The highest BCUT2D eigenvalue weighted by atomic mass is 16.5. The van der Waals surface area contributed by atoms with Crippen LogP contribution in [0.25, 0.3) is 0 Å². The zero-order valence-corrected chi connectivity index (χ0v) is 10.7. The molecule has 1 aliphatic rings. The number of amides is 2. The number of nitrogens with one attached hydrogen (secondary N) is 2. The zero-order chi connectivity index (χ0) is 13.8. The van der Waals surface area contributed by atoms with E-state index in [1.807, 2.05) is 0 Å². The molecule has 0 spiro atoms. The molecule has 0 saturated carbocycles. The van der Waals surface area contributed by atoms with E-state index in [1.54, 1.807) is 6.92 Å². The Kier molecular flexibility index (Phi) is 4.10. The molecule has 0 aliphatic carbocycles. The third-order valence-corrected chi connectivity index (χ3v) is 2.89. The number of primary amides is 1. The van der Waals surface area contributed by atoms with Gasteiger partial charge in [-0.2, -0.15) is 4.98 Å². The minimum absolute atomic E-state index is 0.0251. The van der Waals surface area contributed by atoms with E-state index >= 15 is 0 Å². The van der Waals surface area contributed by atoms with Crippen LogP contribution in [-0.2, 0) is 4.79 Å². The molecule has 2 heterocycles. The van der Waals surface area contributed by atoms with Crippen LogP contribution in [0.5, 0.6) is 0 Å². The molecule has 1 saturated heterocycles. The van der Waals surface area contributed by atoms with E-state index in [9.17, 15) is 9.59 Å². The van der Waals surface area contributed by atoms with Crippen LogP contribution in [0.15, 0.2) is 4.52 Å². The monoisotopic (exact) mass is 267 g/mol. The van der Waals surface area contributed by atoms with E-state index in [-0.39, 0.29) is 24.3 Å². The summed E-state index contributed by atoms with van der Waals surface area (Å²) in [4.78, 5) is 26.6. The lowest BCUT2D eigenvalue weighted by Crippen LogP contribution is -2.36. The number of nitrogens with two attached hydrogens (primary N) is 1. The van der Waals surface area contributed by atoms with E-state index in [0.29, 0.717) is 5.89 Å². The van der Waals surface area contributed by atoms with Crippen LogP contribution in [0, 0.1) is 0 Å². The molecule has 0 aromatic carbocycles. The van der Waals surface area contributed by atoms with Gasteiger partial charge in [0.2, 0.25) is 11.8 Å². The van der Waals surface area contributed by atoms with Crippen molar-refractivity contribution in [3.05, 3.63) is 11.7 Å². The van der Waals surface area contributed by atoms with Crippen molar-refractivity contribution in [3.63, 3.8) is 0 Å². The Bertz CT molecular complexity index is 467. The average molecular weight is 267 g/mol. The molecule has 8 nitrogen and oxygen atoms in total. The molecular formula is C11H17N5O3. The summed E-state index contributed by atoms with van der Waals surface area (Å²) < 4.78 is 5.06. The van der Waals surface area contributed by atoms with Crippen molar-refractivity contribution in [2.75, 3.05) is 6.54 Å². The van der Waals surface area contributed by atoms with Gasteiger partial charge >= 0.3 is 0 Å². The molecule has 2 rings (SSSR count).